The summed E-state index contributed by atoms with van der Waals surface area (Å²) in [7, 11) is 2.83. The SMILES string of the molecule is CON(C)C(=O)[C@H](Cc1ccccc1)NC(=O)[C@H](Cc1ccccc1)NC(=O)[C@H](CC(C)C)NC(=O)c1cc(Cl)ccc1OCc1ccccc1. The molecule has 3 N–H and O–H groups in total. The summed E-state index contributed by atoms with van der Waals surface area (Å²) < 4.78 is 6.00. The third kappa shape index (κ3) is 12.0. The van der Waals surface area contributed by atoms with Gasteiger partial charge in [0.1, 0.15) is 30.5 Å². The van der Waals surface area contributed by atoms with Gasteiger partial charge < -0.3 is 20.7 Å². The summed E-state index contributed by atoms with van der Waals surface area (Å²) in [5, 5.41) is 9.96. The van der Waals surface area contributed by atoms with Gasteiger partial charge in [0.25, 0.3) is 11.8 Å². The van der Waals surface area contributed by atoms with Crippen LogP contribution in [0.15, 0.2) is 109 Å². The number of rotatable bonds is 17. The van der Waals surface area contributed by atoms with Crippen molar-refractivity contribution in [1.29, 1.82) is 0 Å². The molecule has 0 aromatic heterocycles. The molecular weight excluding hydrogens is 668 g/mol. The van der Waals surface area contributed by atoms with E-state index in [0.717, 1.165) is 21.8 Å². The van der Waals surface area contributed by atoms with Crippen molar-refractivity contribution in [3.8, 4) is 5.75 Å². The Labute approximate surface area is 304 Å². The van der Waals surface area contributed by atoms with Gasteiger partial charge in [-0.25, -0.2) is 5.06 Å². The summed E-state index contributed by atoms with van der Waals surface area (Å²) in [6.45, 7) is 4.09. The Bertz CT molecular complexity index is 1740. The van der Waals surface area contributed by atoms with Gasteiger partial charge in [-0.2, -0.15) is 0 Å². The maximum atomic E-state index is 14.0. The summed E-state index contributed by atoms with van der Waals surface area (Å²) in [6.07, 6.45) is 0.621. The van der Waals surface area contributed by atoms with E-state index in [1.54, 1.807) is 12.1 Å². The number of nitrogens with one attached hydrogen (secondary N) is 3. The van der Waals surface area contributed by atoms with Crippen molar-refractivity contribution in [2.24, 2.45) is 5.92 Å². The molecule has 0 spiro atoms. The first kappa shape index (κ1) is 38.6. The lowest BCUT2D eigenvalue weighted by Gasteiger charge is -2.27. The van der Waals surface area contributed by atoms with Crippen LogP contribution in [-0.4, -0.2) is 61.0 Å². The summed E-state index contributed by atoms with van der Waals surface area (Å²) in [5.74, 6) is -1.82. The predicted molar refractivity (Wildman–Crippen MR) is 197 cm³/mol. The fourth-order valence-electron chi connectivity index (χ4n) is 5.44. The summed E-state index contributed by atoms with van der Waals surface area (Å²) in [5.41, 5.74) is 2.71. The maximum absolute atomic E-state index is 14.0. The molecule has 0 aliphatic rings. The smallest absolute Gasteiger partial charge is 0.268 e. The van der Waals surface area contributed by atoms with E-state index >= 15 is 0 Å². The molecule has 0 saturated carbocycles. The van der Waals surface area contributed by atoms with E-state index in [9.17, 15) is 19.2 Å². The molecule has 4 aromatic rings. The second kappa shape index (κ2) is 19.3. The third-order valence-electron chi connectivity index (χ3n) is 8.15. The minimum atomic E-state index is -1.08. The molecule has 0 bridgehead atoms. The molecule has 51 heavy (non-hydrogen) atoms. The van der Waals surface area contributed by atoms with Gasteiger partial charge in [0.2, 0.25) is 11.8 Å². The molecule has 3 atom stereocenters. The number of likely N-dealkylation sites (N-methyl/N-ethyl adjacent to an activating group) is 1. The van der Waals surface area contributed by atoms with Gasteiger partial charge in [0.15, 0.2) is 0 Å². The van der Waals surface area contributed by atoms with Crippen molar-refractivity contribution >= 4 is 35.2 Å². The quantitative estimate of drug-likeness (QED) is 0.124. The highest BCUT2D eigenvalue weighted by atomic mass is 35.5. The number of nitrogens with zero attached hydrogens (tertiary/aromatic N) is 1. The van der Waals surface area contributed by atoms with Crippen LogP contribution in [0.2, 0.25) is 5.02 Å². The van der Waals surface area contributed by atoms with Gasteiger partial charge in [-0.1, -0.05) is 116 Å². The van der Waals surface area contributed by atoms with E-state index in [1.807, 2.05) is 105 Å². The molecule has 0 aliphatic heterocycles. The summed E-state index contributed by atoms with van der Waals surface area (Å²) in [6, 6.07) is 29.7. The molecule has 268 valence electrons. The molecular formula is C40H45ClN4O6. The number of carbonyl (C=O) groups is 4. The lowest BCUT2D eigenvalue weighted by molar-refractivity contribution is -0.171. The zero-order valence-electron chi connectivity index (χ0n) is 29.3. The molecule has 0 unspecified atom stereocenters. The van der Waals surface area contributed by atoms with E-state index in [0.29, 0.717) is 10.8 Å². The molecule has 4 rings (SSSR count). The van der Waals surface area contributed by atoms with Gasteiger partial charge in [-0.3, -0.25) is 24.0 Å². The Morgan fingerprint density at radius 1 is 0.686 bits per heavy atom. The van der Waals surface area contributed by atoms with Crippen LogP contribution >= 0.6 is 11.6 Å². The van der Waals surface area contributed by atoms with E-state index < -0.39 is 41.8 Å². The van der Waals surface area contributed by atoms with Crippen molar-refractivity contribution in [2.45, 2.75) is 57.8 Å². The van der Waals surface area contributed by atoms with Crippen molar-refractivity contribution < 1.29 is 28.8 Å². The third-order valence-corrected chi connectivity index (χ3v) is 8.38. The number of halogens is 1. The normalized spacial score (nSPS) is 12.7. The minimum Gasteiger partial charge on any atom is -0.488 e. The van der Waals surface area contributed by atoms with E-state index in [-0.39, 0.29) is 37.4 Å². The maximum Gasteiger partial charge on any atom is 0.268 e. The Morgan fingerprint density at radius 2 is 1.20 bits per heavy atom. The average molecular weight is 713 g/mol. The molecule has 0 fully saturated rings. The highest BCUT2D eigenvalue weighted by Crippen LogP contribution is 2.24. The van der Waals surface area contributed by atoms with Crippen LogP contribution in [0.4, 0.5) is 0 Å². The minimum absolute atomic E-state index is 0.00747. The van der Waals surface area contributed by atoms with Gasteiger partial charge in [0, 0.05) is 24.9 Å². The van der Waals surface area contributed by atoms with Gasteiger partial charge in [-0.05, 0) is 47.2 Å². The topological polar surface area (TPSA) is 126 Å². The molecule has 11 heteroatoms. The van der Waals surface area contributed by atoms with Crippen LogP contribution in [-0.2, 0) is 38.7 Å². The number of carbonyl (C=O) groups excluding carboxylic acids is 4. The summed E-state index contributed by atoms with van der Waals surface area (Å²) >= 11 is 6.29. The highest BCUT2D eigenvalue weighted by Gasteiger charge is 2.32. The number of ether oxygens (including phenoxy) is 1. The van der Waals surface area contributed by atoms with Crippen LogP contribution in [0, 0.1) is 5.92 Å². The summed E-state index contributed by atoms with van der Waals surface area (Å²) in [4.78, 5) is 60.2. The average Bonchev–Trinajstić information content (AvgIpc) is 3.13. The molecule has 4 aromatic carbocycles. The fraction of sp³-hybridized carbons (Fsp3) is 0.300. The van der Waals surface area contributed by atoms with Crippen molar-refractivity contribution in [3.05, 3.63) is 136 Å². The number of benzene rings is 4. The standard InChI is InChI=1S/C40H45ClN4O6/c1-27(2)22-33(42-37(46)32-25-31(41)20-21-36(32)51-26-30-18-12-7-13-19-30)38(47)43-34(23-28-14-8-5-9-15-28)39(48)44-35(40(49)45(3)50-4)24-29-16-10-6-11-17-29/h5-21,25,27,33-35H,22-24,26H2,1-4H3,(H,42,46)(H,43,47)(H,44,48)/t33-,34-,35-/m0/s1. The van der Waals surface area contributed by atoms with Crippen LogP contribution in [0.1, 0.15) is 47.3 Å². The zero-order valence-corrected chi connectivity index (χ0v) is 30.1. The van der Waals surface area contributed by atoms with Gasteiger partial charge in [-0.15, -0.1) is 0 Å². The highest BCUT2D eigenvalue weighted by molar-refractivity contribution is 6.31. The molecule has 4 amide bonds. The van der Waals surface area contributed by atoms with E-state index in [2.05, 4.69) is 16.0 Å². The first-order valence-electron chi connectivity index (χ1n) is 16.8. The second-order valence-corrected chi connectivity index (χ2v) is 13.0. The molecule has 0 heterocycles. The molecule has 0 saturated heterocycles. The van der Waals surface area contributed by atoms with Crippen molar-refractivity contribution in [1.82, 2.24) is 21.0 Å². The van der Waals surface area contributed by atoms with E-state index in [1.165, 1.54) is 20.2 Å². The lowest BCUT2D eigenvalue weighted by Crippen LogP contribution is -2.58. The molecule has 0 radical (unpaired) electrons. The van der Waals surface area contributed by atoms with E-state index in [4.69, 9.17) is 21.2 Å². The second-order valence-electron chi connectivity index (χ2n) is 12.6. The lowest BCUT2D eigenvalue weighted by atomic mass is 10.00. The van der Waals surface area contributed by atoms with Crippen molar-refractivity contribution in [3.63, 3.8) is 0 Å². The van der Waals surface area contributed by atoms with Gasteiger partial charge in [0.05, 0.1) is 12.7 Å². The first-order valence-corrected chi connectivity index (χ1v) is 17.2. The van der Waals surface area contributed by atoms with Crippen LogP contribution < -0.4 is 20.7 Å². The fourth-order valence-corrected chi connectivity index (χ4v) is 5.61. The number of amides is 4. The number of hydrogen-bond donors (Lipinski definition) is 3. The Morgan fingerprint density at radius 3 is 1.75 bits per heavy atom. The van der Waals surface area contributed by atoms with Crippen LogP contribution in [0.5, 0.6) is 5.75 Å². The van der Waals surface area contributed by atoms with Gasteiger partial charge >= 0.3 is 0 Å². The number of hydroxylamine groups is 2. The molecule has 10 nitrogen and oxygen atoms in total. The monoisotopic (exact) mass is 712 g/mol. The number of hydrogen-bond acceptors (Lipinski definition) is 6. The Hall–Kier alpha value is -5.19. The van der Waals surface area contributed by atoms with Crippen molar-refractivity contribution in [2.75, 3.05) is 14.2 Å². The zero-order chi connectivity index (χ0) is 36.8. The first-order chi connectivity index (χ1) is 24.5. The predicted octanol–water partition coefficient (Wildman–Crippen LogP) is 5.54. The Balaban J connectivity index is 1.57. The Kier molecular flexibility index (Phi) is 14.6. The van der Waals surface area contributed by atoms with Crippen LogP contribution in [0.3, 0.4) is 0 Å². The molecule has 0 aliphatic carbocycles. The largest absolute Gasteiger partial charge is 0.488 e. The van der Waals surface area contributed by atoms with Crippen LogP contribution in [0.25, 0.3) is 0 Å².